The summed E-state index contributed by atoms with van der Waals surface area (Å²) in [4.78, 5) is 25.6. The molecule has 2 amide bonds. The molecule has 2 aromatic rings. The van der Waals surface area contributed by atoms with Gasteiger partial charge in [-0.2, -0.15) is 0 Å². The second-order valence-corrected chi connectivity index (χ2v) is 6.48. The van der Waals surface area contributed by atoms with E-state index in [9.17, 15) is 14.0 Å². The zero-order valence-corrected chi connectivity index (χ0v) is 15.1. The Labute approximate surface area is 148 Å². The van der Waals surface area contributed by atoms with Gasteiger partial charge in [0.2, 0.25) is 11.8 Å². The number of carbonyl (C=O) groups is 2. The van der Waals surface area contributed by atoms with Crippen molar-refractivity contribution in [1.82, 2.24) is 4.90 Å². The van der Waals surface area contributed by atoms with E-state index >= 15 is 0 Å². The molecule has 4 nitrogen and oxygen atoms in total. The summed E-state index contributed by atoms with van der Waals surface area (Å²) in [5.41, 5.74) is 2.35. The summed E-state index contributed by atoms with van der Waals surface area (Å²) < 4.78 is 13.8. The first-order chi connectivity index (χ1) is 11.3. The number of benzene rings is 2. The van der Waals surface area contributed by atoms with Crippen molar-refractivity contribution >= 4 is 33.4 Å². The van der Waals surface area contributed by atoms with Crippen LogP contribution in [0.4, 0.5) is 10.1 Å². The fraction of sp³-hybridized carbons (Fsp3) is 0.222. The molecule has 0 atom stereocenters. The van der Waals surface area contributed by atoms with Crippen molar-refractivity contribution in [1.29, 1.82) is 0 Å². The lowest BCUT2D eigenvalue weighted by Crippen LogP contribution is -2.35. The number of carbonyl (C=O) groups excluding carboxylic acids is 2. The minimum absolute atomic E-state index is 0.0461. The highest BCUT2D eigenvalue weighted by atomic mass is 79.9. The number of amides is 2. The van der Waals surface area contributed by atoms with Crippen molar-refractivity contribution in [3.05, 3.63) is 63.9 Å². The minimum Gasteiger partial charge on any atom is -0.336 e. The van der Waals surface area contributed by atoms with Crippen LogP contribution in [-0.2, 0) is 16.0 Å². The molecule has 24 heavy (non-hydrogen) atoms. The smallest absolute Gasteiger partial charge is 0.243 e. The van der Waals surface area contributed by atoms with E-state index in [1.165, 1.54) is 17.0 Å². The average molecular weight is 393 g/mol. The number of nitrogens with zero attached hydrogens (tertiary/aromatic N) is 1. The highest BCUT2D eigenvalue weighted by Crippen LogP contribution is 2.19. The van der Waals surface area contributed by atoms with Gasteiger partial charge < -0.3 is 10.2 Å². The van der Waals surface area contributed by atoms with E-state index in [1.807, 2.05) is 19.1 Å². The van der Waals surface area contributed by atoms with Gasteiger partial charge in [0.25, 0.3) is 0 Å². The molecule has 0 unspecified atom stereocenters. The van der Waals surface area contributed by atoms with Gasteiger partial charge in [0.15, 0.2) is 0 Å². The number of hydrogen-bond donors (Lipinski definition) is 1. The lowest BCUT2D eigenvalue weighted by atomic mass is 10.1. The molecule has 0 aromatic heterocycles. The Balaban J connectivity index is 1.90. The Bertz CT molecular complexity index is 747. The Hall–Kier alpha value is -2.21. The summed E-state index contributed by atoms with van der Waals surface area (Å²) in [6, 6.07) is 11.3. The van der Waals surface area contributed by atoms with Gasteiger partial charge in [-0.05, 0) is 48.4 Å². The van der Waals surface area contributed by atoms with Crippen LogP contribution in [0.5, 0.6) is 0 Å². The average Bonchev–Trinajstić information content (AvgIpc) is 2.52. The predicted molar refractivity (Wildman–Crippen MR) is 95.2 cm³/mol. The Morgan fingerprint density at radius 2 is 1.83 bits per heavy atom. The third-order valence-electron chi connectivity index (χ3n) is 3.54. The van der Waals surface area contributed by atoms with Gasteiger partial charge in [0, 0.05) is 17.2 Å². The SMILES string of the molecule is Cc1cc(Br)ccc1NC(=O)CN(C)C(=O)Cc1ccc(F)cc1. The topological polar surface area (TPSA) is 49.4 Å². The van der Waals surface area contributed by atoms with Crippen LogP contribution in [0.1, 0.15) is 11.1 Å². The van der Waals surface area contributed by atoms with E-state index in [2.05, 4.69) is 21.2 Å². The highest BCUT2D eigenvalue weighted by molar-refractivity contribution is 9.10. The van der Waals surface area contributed by atoms with Crippen LogP contribution in [0.15, 0.2) is 46.9 Å². The van der Waals surface area contributed by atoms with Gasteiger partial charge in [0.05, 0.1) is 13.0 Å². The maximum Gasteiger partial charge on any atom is 0.243 e. The van der Waals surface area contributed by atoms with Crippen molar-refractivity contribution in [2.24, 2.45) is 0 Å². The van der Waals surface area contributed by atoms with Gasteiger partial charge >= 0.3 is 0 Å². The number of anilines is 1. The van der Waals surface area contributed by atoms with Crippen molar-refractivity contribution in [3.63, 3.8) is 0 Å². The van der Waals surface area contributed by atoms with E-state index in [-0.39, 0.29) is 30.6 Å². The summed E-state index contributed by atoms with van der Waals surface area (Å²) >= 11 is 3.37. The molecular formula is C18H18BrFN2O2. The van der Waals surface area contributed by atoms with E-state index < -0.39 is 0 Å². The van der Waals surface area contributed by atoms with Crippen molar-refractivity contribution < 1.29 is 14.0 Å². The molecule has 0 heterocycles. The Morgan fingerprint density at radius 1 is 1.17 bits per heavy atom. The number of likely N-dealkylation sites (N-methyl/N-ethyl adjacent to an activating group) is 1. The van der Waals surface area contributed by atoms with Crippen molar-refractivity contribution in [3.8, 4) is 0 Å². The molecule has 2 aromatic carbocycles. The molecule has 0 bridgehead atoms. The molecule has 2 rings (SSSR count). The van der Waals surface area contributed by atoms with Crippen LogP contribution in [-0.4, -0.2) is 30.3 Å². The first kappa shape index (κ1) is 18.1. The van der Waals surface area contributed by atoms with E-state index in [4.69, 9.17) is 0 Å². The number of aryl methyl sites for hydroxylation is 1. The predicted octanol–water partition coefficient (Wildman–Crippen LogP) is 3.54. The van der Waals surface area contributed by atoms with E-state index in [1.54, 1.807) is 25.2 Å². The maximum absolute atomic E-state index is 12.9. The molecule has 0 fully saturated rings. The van der Waals surface area contributed by atoms with Crippen LogP contribution < -0.4 is 5.32 Å². The van der Waals surface area contributed by atoms with Gasteiger partial charge in [-0.1, -0.05) is 28.1 Å². The van der Waals surface area contributed by atoms with Crippen LogP contribution in [0, 0.1) is 12.7 Å². The third kappa shape index (κ3) is 5.16. The lowest BCUT2D eigenvalue weighted by Gasteiger charge is -2.17. The standard InChI is InChI=1S/C18H18BrFN2O2/c1-12-9-14(19)5-8-16(12)21-17(23)11-22(2)18(24)10-13-3-6-15(20)7-4-13/h3-9H,10-11H2,1-2H3,(H,21,23). The molecule has 0 radical (unpaired) electrons. The van der Waals surface area contributed by atoms with E-state index in [0.29, 0.717) is 11.3 Å². The number of halogens is 2. The zero-order valence-electron chi connectivity index (χ0n) is 13.5. The molecular weight excluding hydrogens is 375 g/mol. The highest BCUT2D eigenvalue weighted by Gasteiger charge is 2.14. The molecule has 1 N–H and O–H groups in total. The molecule has 0 spiro atoms. The number of nitrogens with one attached hydrogen (secondary N) is 1. The zero-order chi connectivity index (χ0) is 17.7. The van der Waals surface area contributed by atoms with Gasteiger partial charge in [-0.3, -0.25) is 9.59 Å². The first-order valence-electron chi connectivity index (χ1n) is 7.39. The van der Waals surface area contributed by atoms with Crippen molar-refractivity contribution in [2.75, 3.05) is 18.9 Å². The summed E-state index contributed by atoms with van der Waals surface area (Å²) in [7, 11) is 1.57. The van der Waals surface area contributed by atoms with Crippen LogP contribution in [0.25, 0.3) is 0 Å². The second kappa shape index (κ2) is 8.06. The van der Waals surface area contributed by atoms with Crippen LogP contribution in [0.2, 0.25) is 0 Å². The largest absolute Gasteiger partial charge is 0.336 e. The molecule has 0 aliphatic carbocycles. The monoisotopic (exact) mass is 392 g/mol. The summed E-state index contributed by atoms with van der Waals surface area (Å²) in [5.74, 6) is -0.816. The van der Waals surface area contributed by atoms with Crippen molar-refractivity contribution in [2.45, 2.75) is 13.3 Å². The van der Waals surface area contributed by atoms with Crippen LogP contribution in [0.3, 0.4) is 0 Å². The minimum atomic E-state index is -0.344. The normalized spacial score (nSPS) is 10.3. The lowest BCUT2D eigenvalue weighted by molar-refractivity contribution is -0.132. The summed E-state index contributed by atoms with van der Waals surface area (Å²) in [6.45, 7) is 1.85. The second-order valence-electron chi connectivity index (χ2n) is 5.56. The summed E-state index contributed by atoms with van der Waals surface area (Å²) in [6.07, 6.45) is 0.126. The molecule has 6 heteroatoms. The maximum atomic E-state index is 12.9. The van der Waals surface area contributed by atoms with Gasteiger partial charge in [-0.25, -0.2) is 4.39 Å². The quantitative estimate of drug-likeness (QED) is 0.845. The third-order valence-corrected chi connectivity index (χ3v) is 4.03. The van der Waals surface area contributed by atoms with E-state index in [0.717, 1.165) is 10.0 Å². The fourth-order valence-corrected chi connectivity index (χ4v) is 2.65. The Kier molecular flexibility index (Phi) is 6.09. The van der Waals surface area contributed by atoms with Gasteiger partial charge in [0.1, 0.15) is 5.82 Å². The fourth-order valence-electron chi connectivity index (χ4n) is 2.17. The molecule has 0 saturated carbocycles. The van der Waals surface area contributed by atoms with Gasteiger partial charge in [-0.15, -0.1) is 0 Å². The Morgan fingerprint density at radius 3 is 2.46 bits per heavy atom. The molecule has 0 aliphatic rings. The first-order valence-corrected chi connectivity index (χ1v) is 8.19. The number of rotatable bonds is 5. The van der Waals surface area contributed by atoms with Crippen LogP contribution >= 0.6 is 15.9 Å². The molecule has 0 saturated heterocycles. The molecule has 0 aliphatic heterocycles. The number of hydrogen-bond acceptors (Lipinski definition) is 2. The summed E-state index contributed by atoms with van der Waals surface area (Å²) in [5, 5.41) is 2.79. The molecule has 126 valence electrons.